The lowest BCUT2D eigenvalue weighted by Gasteiger charge is -2.16. The van der Waals surface area contributed by atoms with Gasteiger partial charge in [-0.1, -0.05) is 36.3 Å². The molecule has 1 amide bonds. The minimum atomic E-state index is -0.00837. The molecule has 1 aromatic carbocycles. The maximum atomic E-state index is 11.4. The van der Waals surface area contributed by atoms with Crippen molar-refractivity contribution in [2.75, 3.05) is 33.2 Å². The van der Waals surface area contributed by atoms with Crippen LogP contribution in [0, 0.1) is 12.3 Å². The van der Waals surface area contributed by atoms with E-state index in [1.165, 1.54) is 5.56 Å². The highest BCUT2D eigenvalue weighted by Crippen LogP contribution is 2.02. The largest absolute Gasteiger partial charge is 0.355 e. The van der Waals surface area contributed by atoms with Crippen molar-refractivity contribution in [2.24, 2.45) is 0 Å². The zero-order valence-corrected chi connectivity index (χ0v) is 12.1. The van der Waals surface area contributed by atoms with E-state index in [2.05, 4.69) is 40.6 Å². The summed E-state index contributed by atoms with van der Waals surface area (Å²) in [6, 6.07) is 10.4. The van der Waals surface area contributed by atoms with Crippen LogP contribution in [0.2, 0.25) is 0 Å². The number of amides is 1. The third-order valence-corrected chi connectivity index (χ3v) is 2.85. The average molecular weight is 273 g/mol. The lowest BCUT2D eigenvalue weighted by atomic mass is 10.2. The summed E-state index contributed by atoms with van der Waals surface area (Å²) < 4.78 is 0. The van der Waals surface area contributed by atoms with Crippen molar-refractivity contribution in [3.8, 4) is 12.3 Å². The van der Waals surface area contributed by atoms with Gasteiger partial charge in [0.2, 0.25) is 5.91 Å². The monoisotopic (exact) mass is 273 g/mol. The van der Waals surface area contributed by atoms with E-state index in [1.807, 2.05) is 18.2 Å². The Morgan fingerprint density at radius 3 is 2.80 bits per heavy atom. The Labute approximate surface area is 121 Å². The SMILES string of the molecule is C#CCNCC(=O)NCCCN(C)Cc1ccccc1. The summed E-state index contributed by atoms with van der Waals surface area (Å²) in [4.78, 5) is 13.6. The van der Waals surface area contributed by atoms with E-state index in [-0.39, 0.29) is 12.5 Å². The number of terminal acetylenes is 1. The van der Waals surface area contributed by atoms with Gasteiger partial charge in [0.25, 0.3) is 0 Å². The third-order valence-electron chi connectivity index (χ3n) is 2.85. The van der Waals surface area contributed by atoms with E-state index in [0.717, 1.165) is 19.5 Å². The molecule has 0 spiro atoms. The van der Waals surface area contributed by atoms with E-state index in [1.54, 1.807) is 0 Å². The summed E-state index contributed by atoms with van der Waals surface area (Å²) in [6.07, 6.45) is 6.02. The zero-order valence-electron chi connectivity index (χ0n) is 12.1. The number of hydrogen-bond donors (Lipinski definition) is 2. The van der Waals surface area contributed by atoms with Crippen LogP contribution in [0.25, 0.3) is 0 Å². The number of carbonyl (C=O) groups excluding carboxylic acids is 1. The molecule has 0 aliphatic heterocycles. The standard InChI is InChI=1S/C16H23N3O/c1-3-10-17-13-16(20)18-11-7-12-19(2)14-15-8-5-4-6-9-15/h1,4-6,8-9,17H,7,10-14H2,2H3,(H,18,20). The molecule has 0 heterocycles. The highest BCUT2D eigenvalue weighted by Gasteiger charge is 2.01. The quantitative estimate of drug-likeness (QED) is 0.518. The average Bonchev–Trinajstić information content (AvgIpc) is 2.45. The molecule has 4 heteroatoms. The Morgan fingerprint density at radius 1 is 1.35 bits per heavy atom. The number of nitrogens with zero attached hydrogens (tertiary/aromatic N) is 1. The second-order valence-corrected chi connectivity index (χ2v) is 4.73. The van der Waals surface area contributed by atoms with E-state index < -0.39 is 0 Å². The number of hydrogen-bond acceptors (Lipinski definition) is 3. The van der Waals surface area contributed by atoms with Crippen LogP contribution in [0.5, 0.6) is 0 Å². The molecule has 0 radical (unpaired) electrons. The van der Waals surface area contributed by atoms with Gasteiger partial charge in [-0.15, -0.1) is 6.42 Å². The molecule has 0 fully saturated rings. The van der Waals surface area contributed by atoms with Crippen LogP contribution < -0.4 is 10.6 Å². The van der Waals surface area contributed by atoms with Crippen LogP contribution in [0.4, 0.5) is 0 Å². The van der Waals surface area contributed by atoms with Crippen LogP contribution in [-0.4, -0.2) is 44.0 Å². The second-order valence-electron chi connectivity index (χ2n) is 4.73. The third kappa shape index (κ3) is 7.57. The first kappa shape index (κ1) is 16.2. The van der Waals surface area contributed by atoms with Crippen molar-refractivity contribution in [3.63, 3.8) is 0 Å². The van der Waals surface area contributed by atoms with Gasteiger partial charge < -0.3 is 10.2 Å². The highest BCUT2D eigenvalue weighted by atomic mass is 16.1. The summed E-state index contributed by atoms with van der Waals surface area (Å²) >= 11 is 0. The highest BCUT2D eigenvalue weighted by molar-refractivity contribution is 5.77. The fourth-order valence-electron chi connectivity index (χ4n) is 1.86. The molecule has 0 unspecified atom stereocenters. The first-order valence-electron chi connectivity index (χ1n) is 6.85. The molecule has 0 saturated carbocycles. The van der Waals surface area contributed by atoms with Gasteiger partial charge in [-0.25, -0.2) is 0 Å². The van der Waals surface area contributed by atoms with Gasteiger partial charge in [-0.05, 0) is 25.6 Å². The summed E-state index contributed by atoms with van der Waals surface area (Å²) in [5, 5.41) is 5.72. The normalized spacial score (nSPS) is 10.2. The van der Waals surface area contributed by atoms with Crippen LogP contribution in [-0.2, 0) is 11.3 Å². The number of benzene rings is 1. The molecule has 0 saturated heterocycles. The van der Waals surface area contributed by atoms with Crippen molar-refractivity contribution in [1.82, 2.24) is 15.5 Å². The van der Waals surface area contributed by atoms with Gasteiger partial charge in [-0.3, -0.25) is 10.1 Å². The molecule has 0 atom stereocenters. The van der Waals surface area contributed by atoms with Gasteiger partial charge in [-0.2, -0.15) is 0 Å². The van der Waals surface area contributed by atoms with E-state index in [9.17, 15) is 4.79 Å². The molecule has 2 N–H and O–H groups in total. The predicted molar refractivity (Wildman–Crippen MR) is 82.1 cm³/mol. The van der Waals surface area contributed by atoms with E-state index in [0.29, 0.717) is 13.1 Å². The van der Waals surface area contributed by atoms with Gasteiger partial charge in [0.15, 0.2) is 0 Å². The fourth-order valence-corrected chi connectivity index (χ4v) is 1.86. The summed E-state index contributed by atoms with van der Waals surface area (Å²) in [7, 11) is 2.09. The molecule has 4 nitrogen and oxygen atoms in total. The minimum absolute atomic E-state index is 0.00837. The van der Waals surface area contributed by atoms with Crippen molar-refractivity contribution in [2.45, 2.75) is 13.0 Å². The van der Waals surface area contributed by atoms with E-state index >= 15 is 0 Å². The number of nitrogens with one attached hydrogen (secondary N) is 2. The Balaban J connectivity index is 2.06. The molecule has 0 bridgehead atoms. The summed E-state index contributed by atoms with van der Waals surface area (Å²) in [5.41, 5.74) is 1.30. The van der Waals surface area contributed by atoms with E-state index in [4.69, 9.17) is 6.42 Å². The van der Waals surface area contributed by atoms with Gasteiger partial charge >= 0.3 is 0 Å². The van der Waals surface area contributed by atoms with Gasteiger partial charge in [0, 0.05) is 13.1 Å². The predicted octanol–water partition coefficient (Wildman–Crippen LogP) is 0.848. The fraction of sp³-hybridized carbons (Fsp3) is 0.438. The molecule has 1 aromatic rings. The Kier molecular flexibility index (Phi) is 8.13. The molecule has 20 heavy (non-hydrogen) atoms. The lowest BCUT2D eigenvalue weighted by molar-refractivity contribution is -0.120. The summed E-state index contributed by atoms with van der Waals surface area (Å²) in [6.45, 7) is 3.28. The topological polar surface area (TPSA) is 44.4 Å². The first-order chi connectivity index (χ1) is 9.72. The molecule has 0 aliphatic rings. The Morgan fingerprint density at radius 2 is 2.10 bits per heavy atom. The molecular formula is C16H23N3O. The lowest BCUT2D eigenvalue weighted by Crippen LogP contribution is -2.35. The van der Waals surface area contributed by atoms with Crippen LogP contribution in [0.1, 0.15) is 12.0 Å². The van der Waals surface area contributed by atoms with Crippen molar-refractivity contribution in [1.29, 1.82) is 0 Å². The summed E-state index contributed by atoms with van der Waals surface area (Å²) in [5.74, 6) is 2.42. The second kappa shape index (κ2) is 10.0. The van der Waals surface area contributed by atoms with Crippen LogP contribution >= 0.6 is 0 Å². The Hall–Kier alpha value is -1.83. The first-order valence-corrected chi connectivity index (χ1v) is 6.85. The van der Waals surface area contributed by atoms with Gasteiger partial charge in [0.1, 0.15) is 0 Å². The minimum Gasteiger partial charge on any atom is -0.355 e. The molecular weight excluding hydrogens is 250 g/mol. The van der Waals surface area contributed by atoms with Crippen LogP contribution in [0.15, 0.2) is 30.3 Å². The molecule has 108 valence electrons. The molecule has 0 aromatic heterocycles. The van der Waals surface area contributed by atoms with Crippen LogP contribution in [0.3, 0.4) is 0 Å². The smallest absolute Gasteiger partial charge is 0.233 e. The van der Waals surface area contributed by atoms with Crippen molar-refractivity contribution in [3.05, 3.63) is 35.9 Å². The number of rotatable bonds is 9. The van der Waals surface area contributed by atoms with Crippen molar-refractivity contribution >= 4 is 5.91 Å². The Bertz CT molecular complexity index is 425. The maximum absolute atomic E-state index is 11.4. The maximum Gasteiger partial charge on any atom is 0.233 e. The van der Waals surface area contributed by atoms with Crippen molar-refractivity contribution < 1.29 is 4.79 Å². The van der Waals surface area contributed by atoms with Gasteiger partial charge in [0.05, 0.1) is 13.1 Å². The molecule has 1 rings (SSSR count). The molecule has 0 aliphatic carbocycles. The number of carbonyl (C=O) groups is 1. The zero-order chi connectivity index (χ0) is 14.6.